The van der Waals surface area contributed by atoms with Gasteiger partial charge in [-0.25, -0.2) is 0 Å². The summed E-state index contributed by atoms with van der Waals surface area (Å²) in [6.07, 6.45) is 16.0. The molecule has 4 nitrogen and oxygen atoms in total. The number of carbonyl (C=O) groups is 1. The van der Waals surface area contributed by atoms with E-state index in [1.165, 1.54) is 49.6 Å². The summed E-state index contributed by atoms with van der Waals surface area (Å²) in [6.45, 7) is 2.25. The number of nitrogens with zero attached hydrogens (tertiary/aromatic N) is 3. The molecule has 0 atom stereocenters. The van der Waals surface area contributed by atoms with Gasteiger partial charge in [0.05, 0.1) is 5.52 Å². The lowest BCUT2D eigenvalue weighted by molar-refractivity contribution is 0.0891. The molecule has 24 heavy (non-hydrogen) atoms. The third kappa shape index (κ3) is 5.91. The molecule has 0 saturated heterocycles. The first-order valence-corrected chi connectivity index (χ1v) is 9.31. The zero-order valence-electron chi connectivity index (χ0n) is 14.8. The molecule has 2 aromatic rings. The number of para-hydroxylation sites is 1. The van der Waals surface area contributed by atoms with Crippen molar-refractivity contribution in [1.82, 2.24) is 15.0 Å². The van der Waals surface area contributed by atoms with Crippen LogP contribution in [-0.2, 0) is 0 Å². The van der Waals surface area contributed by atoms with Crippen molar-refractivity contribution in [1.29, 1.82) is 0 Å². The number of rotatable bonds is 11. The maximum Gasteiger partial charge on any atom is 0.249 e. The summed E-state index contributed by atoms with van der Waals surface area (Å²) in [5, 5.41) is 7.98. The summed E-state index contributed by atoms with van der Waals surface area (Å²) >= 11 is 0. The maximum atomic E-state index is 12.2. The second-order valence-corrected chi connectivity index (χ2v) is 6.30. The van der Waals surface area contributed by atoms with Crippen LogP contribution in [0.25, 0.3) is 11.0 Å². The van der Waals surface area contributed by atoms with Crippen LogP contribution in [0.5, 0.6) is 0 Å². The van der Waals surface area contributed by atoms with Gasteiger partial charge in [-0.2, -0.15) is 4.68 Å². The number of fused-ring (bicyclic) bond motifs is 1. The van der Waals surface area contributed by atoms with E-state index in [4.69, 9.17) is 0 Å². The van der Waals surface area contributed by atoms with Gasteiger partial charge in [0.1, 0.15) is 5.52 Å². The number of unbranched alkanes of at least 4 members (excludes halogenated alkanes) is 7. The smallest absolute Gasteiger partial charge is 0.249 e. The Hall–Kier alpha value is -1.97. The Morgan fingerprint density at radius 3 is 2.54 bits per heavy atom. The van der Waals surface area contributed by atoms with Gasteiger partial charge in [-0.1, -0.05) is 74.9 Å². The molecule has 0 aliphatic carbocycles. The van der Waals surface area contributed by atoms with Crippen LogP contribution in [0.4, 0.5) is 0 Å². The first-order chi connectivity index (χ1) is 11.8. The maximum absolute atomic E-state index is 12.2. The minimum atomic E-state index is 0.00396. The van der Waals surface area contributed by atoms with Crippen molar-refractivity contribution in [2.75, 3.05) is 0 Å². The molecule has 0 spiro atoms. The topological polar surface area (TPSA) is 47.8 Å². The highest BCUT2D eigenvalue weighted by Crippen LogP contribution is 2.11. The lowest BCUT2D eigenvalue weighted by Gasteiger charge is -2.00. The van der Waals surface area contributed by atoms with Gasteiger partial charge < -0.3 is 0 Å². The molecule has 0 fully saturated rings. The molecule has 0 unspecified atom stereocenters. The molecule has 0 N–H and O–H groups in total. The van der Waals surface area contributed by atoms with E-state index < -0.39 is 0 Å². The van der Waals surface area contributed by atoms with Gasteiger partial charge in [0, 0.05) is 6.42 Å². The van der Waals surface area contributed by atoms with Gasteiger partial charge in [0.25, 0.3) is 0 Å². The molecule has 0 amide bonds. The summed E-state index contributed by atoms with van der Waals surface area (Å²) in [6, 6.07) is 7.55. The summed E-state index contributed by atoms with van der Waals surface area (Å²) in [4.78, 5) is 12.2. The van der Waals surface area contributed by atoms with Gasteiger partial charge in [-0.3, -0.25) is 4.79 Å². The molecule has 0 aliphatic rings. The number of hydrogen-bond donors (Lipinski definition) is 0. The van der Waals surface area contributed by atoms with Gasteiger partial charge in [0.15, 0.2) is 0 Å². The van der Waals surface area contributed by atoms with Crippen LogP contribution in [0.2, 0.25) is 0 Å². The summed E-state index contributed by atoms with van der Waals surface area (Å²) in [5.41, 5.74) is 1.55. The summed E-state index contributed by atoms with van der Waals surface area (Å²) in [5.74, 6) is 0.00396. The Labute approximate surface area is 144 Å². The van der Waals surface area contributed by atoms with Crippen molar-refractivity contribution < 1.29 is 4.79 Å². The van der Waals surface area contributed by atoms with Crippen LogP contribution in [-0.4, -0.2) is 20.9 Å². The number of benzene rings is 1. The molecule has 1 heterocycles. The third-order valence-electron chi connectivity index (χ3n) is 4.25. The van der Waals surface area contributed by atoms with Crippen molar-refractivity contribution in [3.63, 3.8) is 0 Å². The second-order valence-electron chi connectivity index (χ2n) is 6.30. The molecule has 130 valence electrons. The van der Waals surface area contributed by atoms with Crippen molar-refractivity contribution in [3.05, 3.63) is 36.4 Å². The van der Waals surface area contributed by atoms with Crippen molar-refractivity contribution >= 4 is 16.9 Å². The zero-order chi connectivity index (χ0) is 17.0. The predicted octanol–water partition coefficient (Wildman–Crippen LogP) is 5.55. The number of hydrogen-bond acceptors (Lipinski definition) is 3. The lowest BCUT2D eigenvalue weighted by Crippen LogP contribution is -2.11. The Morgan fingerprint density at radius 2 is 1.71 bits per heavy atom. The van der Waals surface area contributed by atoms with Crippen LogP contribution >= 0.6 is 0 Å². The Kier molecular flexibility index (Phi) is 8.22. The summed E-state index contributed by atoms with van der Waals surface area (Å²) < 4.78 is 1.42. The molecule has 0 bridgehead atoms. The van der Waals surface area contributed by atoms with E-state index in [1.807, 2.05) is 24.3 Å². The average molecular weight is 327 g/mol. The molecule has 4 heteroatoms. The molecule has 1 aromatic carbocycles. The van der Waals surface area contributed by atoms with E-state index in [-0.39, 0.29) is 5.91 Å². The minimum absolute atomic E-state index is 0.00396. The fourth-order valence-electron chi connectivity index (χ4n) is 2.82. The van der Waals surface area contributed by atoms with Crippen LogP contribution in [0, 0.1) is 0 Å². The first kappa shape index (κ1) is 18.4. The number of carbonyl (C=O) groups excluding carboxylic acids is 1. The minimum Gasteiger partial charge on any atom is -0.272 e. The van der Waals surface area contributed by atoms with Crippen LogP contribution in [0.15, 0.2) is 36.4 Å². The number of aromatic nitrogens is 3. The lowest BCUT2D eigenvalue weighted by atomic mass is 10.1. The standard InChI is InChI=1S/C20H29N3O/c1-2-3-4-5-6-7-8-9-10-11-12-17-20(24)23-19-16-14-13-15-18(19)21-22-23/h10-11,13-16H,2-9,12,17H2,1H3/b11-10+. The van der Waals surface area contributed by atoms with E-state index in [9.17, 15) is 4.79 Å². The van der Waals surface area contributed by atoms with E-state index in [0.717, 1.165) is 23.9 Å². The molecule has 2 rings (SSSR count). The van der Waals surface area contributed by atoms with E-state index in [1.54, 1.807) is 0 Å². The summed E-state index contributed by atoms with van der Waals surface area (Å²) in [7, 11) is 0. The zero-order valence-corrected chi connectivity index (χ0v) is 14.8. The Balaban J connectivity index is 1.59. The predicted molar refractivity (Wildman–Crippen MR) is 99.1 cm³/mol. The average Bonchev–Trinajstić information content (AvgIpc) is 3.03. The van der Waals surface area contributed by atoms with E-state index >= 15 is 0 Å². The highest BCUT2D eigenvalue weighted by molar-refractivity contribution is 5.88. The molecular formula is C20H29N3O. The van der Waals surface area contributed by atoms with Crippen LogP contribution in [0.1, 0.15) is 75.9 Å². The van der Waals surface area contributed by atoms with E-state index in [2.05, 4.69) is 29.4 Å². The van der Waals surface area contributed by atoms with E-state index in [0.29, 0.717) is 6.42 Å². The largest absolute Gasteiger partial charge is 0.272 e. The molecule has 1 aromatic heterocycles. The third-order valence-corrected chi connectivity index (χ3v) is 4.25. The highest BCUT2D eigenvalue weighted by Gasteiger charge is 2.10. The van der Waals surface area contributed by atoms with Crippen molar-refractivity contribution in [2.45, 2.75) is 71.1 Å². The van der Waals surface area contributed by atoms with Crippen LogP contribution < -0.4 is 0 Å². The molecule has 0 aliphatic heterocycles. The van der Waals surface area contributed by atoms with Crippen molar-refractivity contribution in [3.8, 4) is 0 Å². The van der Waals surface area contributed by atoms with Gasteiger partial charge in [-0.05, 0) is 31.4 Å². The SMILES string of the molecule is CCCCCCCCC/C=C/CCC(=O)n1nnc2ccccc21. The fourth-order valence-corrected chi connectivity index (χ4v) is 2.82. The van der Waals surface area contributed by atoms with Crippen LogP contribution in [0.3, 0.4) is 0 Å². The van der Waals surface area contributed by atoms with Gasteiger partial charge in [-0.15, -0.1) is 5.10 Å². The molecular weight excluding hydrogens is 298 g/mol. The quantitative estimate of drug-likeness (QED) is 0.401. The molecule has 0 saturated carbocycles. The normalized spacial score (nSPS) is 11.5. The highest BCUT2D eigenvalue weighted by atomic mass is 16.2. The number of allylic oxidation sites excluding steroid dienone is 2. The van der Waals surface area contributed by atoms with Gasteiger partial charge in [0.2, 0.25) is 5.91 Å². The first-order valence-electron chi connectivity index (χ1n) is 9.31. The fraction of sp³-hybridized carbons (Fsp3) is 0.550. The monoisotopic (exact) mass is 327 g/mol. The second kappa shape index (κ2) is 10.7. The Bertz CT molecular complexity index is 645. The Morgan fingerprint density at radius 1 is 1.00 bits per heavy atom. The molecule has 0 radical (unpaired) electrons. The van der Waals surface area contributed by atoms with Gasteiger partial charge >= 0.3 is 0 Å². The van der Waals surface area contributed by atoms with Crippen molar-refractivity contribution in [2.24, 2.45) is 0 Å².